The van der Waals surface area contributed by atoms with Gasteiger partial charge in [0.25, 0.3) is 5.91 Å². The molecule has 0 radical (unpaired) electrons. The highest BCUT2D eigenvalue weighted by molar-refractivity contribution is 8.00. The number of nitrogens with one attached hydrogen (secondary N) is 2. The molecule has 1 amide bonds. The molecule has 0 saturated heterocycles. The fourth-order valence-corrected chi connectivity index (χ4v) is 2.53. The lowest BCUT2D eigenvalue weighted by molar-refractivity contribution is 0.0944. The van der Waals surface area contributed by atoms with Crippen LogP contribution in [-0.4, -0.2) is 28.4 Å². The standard InChI is InChI=1S/C12H21N3OS/c1-4-12(5-2,17-3)8-15-11(16)10-6-9(13)7-14-10/h6-7,14H,4-5,8,13H2,1-3H3,(H,15,16). The molecule has 0 atom stereocenters. The Morgan fingerprint density at radius 1 is 1.53 bits per heavy atom. The van der Waals surface area contributed by atoms with E-state index in [4.69, 9.17) is 5.73 Å². The average molecular weight is 255 g/mol. The van der Waals surface area contributed by atoms with E-state index in [2.05, 4.69) is 30.4 Å². The number of hydrogen-bond acceptors (Lipinski definition) is 3. The monoisotopic (exact) mass is 255 g/mol. The highest BCUT2D eigenvalue weighted by Crippen LogP contribution is 2.29. The van der Waals surface area contributed by atoms with E-state index >= 15 is 0 Å². The zero-order valence-corrected chi connectivity index (χ0v) is 11.5. The Labute approximate surface area is 107 Å². The van der Waals surface area contributed by atoms with Gasteiger partial charge in [-0.05, 0) is 25.2 Å². The summed E-state index contributed by atoms with van der Waals surface area (Å²) in [7, 11) is 0. The third kappa shape index (κ3) is 3.43. The Hall–Kier alpha value is -1.10. The van der Waals surface area contributed by atoms with Gasteiger partial charge >= 0.3 is 0 Å². The van der Waals surface area contributed by atoms with E-state index in [-0.39, 0.29) is 10.7 Å². The van der Waals surface area contributed by atoms with Gasteiger partial charge in [0.2, 0.25) is 0 Å². The Morgan fingerprint density at radius 3 is 2.59 bits per heavy atom. The second kappa shape index (κ2) is 6.00. The Bertz CT molecular complexity index is 363. The van der Waals surface area contributed by atoms with Crippen LogP contribution in [0.25, 0.3) is 0 Å². The van der Waals surface area contributed by atoms with Crippen LogP contribution in [0.2, 0.25) is 0 Å². The third-order valence-electron chi connectivity index (χ3n) is 3.24. The van der Waals surface area contributed by atoms with Gasteiger partial charge in [0.1, 0.15) is 5.69 Å². The summed E-state index contributed by atoms with van der Waals surface area (Å²) in [6.07, 6.45) is 5.79. The maximum atomic E-state index is 11.8. The summed E-state index contributed by atoms with van der Waals surface area (Å²) in [5, 5.41) is 2.96. The molecule has 1 heterocycles. The van der Waals surface area contributed by atoms with Crippen LogP contribution in [0, 0.1) is 0 Å². The van der Waals surface area contributed by atoms with E-state index in [1.54, 1.807) is 12.3 Å². The number of carbonyl (C=O) groups excluding carboxylic acids is 1. The molecule has 5 heteroatoms. The molecule has 0 aliphatic rings. The second-order valence-electron chi connectivity index (χ2n) is 4.12. The van der Waals surface area contributed by atoms with Gasteiger partial charge in [-0.2, -0.15) is 11.8 Å². The number of H-pyrrole nitrogens is 1. The highest BCUT2D eigenvalue weighted by Gasteiger charge is 2.25. The molecule has 4 N–H and O–H groups in total. The highest BCUT2D eigenvalue weighted by atomic mass is 32.2. The summed E-state index contributed by atoms with van der Waals surface area (Å²) < 4.78 is 0.133. The summed E-state index contributed by atoms with van der Waals surface area (Å²) in [6.45, 7) is 4.98. The molecule has 1 aromatic rings. The normalized spacial score (nSPS) is 11.5. The number of hydrogen-bond donors (Lipinski definition) is 3. The van der Waals surface area contributed by atoms with Crippen molar-refractivity contribution < 1.29 is 4.79 Å². The maximum Gasteiger partial charge on any atom is 0.267 e. The van der Waals surface area contributed by atoms with Crippen LogP contribution in [-0.2, 0) is 0 Å². The van der Waals surface area contributed by atoms with Gasteiger partial charge in [0, 0.05) is 23.2 Å². The quantitative estimate of drug-likeness (QED) is 0.730. The minimum Gasteiger partial charge on any atom is -0.397 e. The minimum absolute atomic E-state index is 0.0953. The van der Waals surface area contributed by atoms with Crippen LogP contribution >= 0.6 is 11.8 Å². The predicted octanol–water partition coefficient (Wildman–Crippen LogP) is 2.25. The zero-order valence-electron chi connectivity index (χ0n) is 10.7. The van der Waals surface area contributed by atoms with E-state index in [1.165, 1.54) is 0 Å². The van der Waals surface area contributed by atoms with Crippen molar-refractivity contribution in [1.82, 2.24) is 10.3 Å². The molecule has 4 nitrogen and oxygen atoms in total. The predicted molar refractivity (Wildman–Crippen MR) is 74.4 cm³/mol. The minimum atomic E-state index is -0.0953. The smallest absolute Gasteiger partial charge is 0.267 e. The van der Waals surface area contributed by atoms with Crippen molar-refractivity contribution in [3.8, 4) is 0 Å². The van der Waals surface area contributed by atoms with Gasteiger partial charge < -0.3 is 16.0 Å². The van der Waals surface area contributed by atoms with E-state index in [9.17, 15) is 4.79 Å². The van der Waals surface area contributed by atoms with Crippen molar-refractivity contribution in [2.75, 3.05) is 18.5 Å². The topological polar surface area (TPSA) is 70.9 Å². The Kier molecular flexibility index (Phi) is 4.93. The van der Waals surface area contributed by atoms with Crippen LogP contribution in [0.1, 0.15) is 37.2 Å². The van der Waals surface area contributed by atoms with Crippen LogP contribution in [0.5, 0.6) is 0 Å². The summed E-state index contributed by atoms with van der Waals surface area (Å²) in [6, 6.07) is 1.65. The van der Waals surface area contributed by atoms with Crippen LogP contribution in [0.3, 0.4) is 0 Å². The van der Waals surface area contributed by atoms with Gasteiger partial charge in [-0.1, -0.05) is 13.8 Å². The van der Waals surface area contributed by atoms with Crippen LogP contribution in [0.15, 0.2) is 12.3 Å². The van der Waals surface area contributed by atoms with Crippen LogP contribution < -0.4 is 11.1 Å². The van der Waals surface area contributed by atoms with Gasteiger partial charge in [-0.15, -0.1) is 0 Å². The number of aromatic nitrogens is 1. The van der Waals surface area contributed by atoms with Crippen molar-refractivity contribution in [2.24, 2.45) is 0 Å². The number of anilines is 1. The average Bonchev–Trinajstić information content (AvgIpc) is 2.78. The molecule has 0 bridgehead atoms. The molecule has 17 heavy (non-hydrogen) atoms. The zero-order chi connectivity index (χ0) is 12.9. The van der Waals surface area contributed by atoms with E-state index in [0.717, 1.165) is 12.8 Å². The van der Waals surface area contributed by atoms with Gasteiger partial charge in [0.05, 0.1) is 0 Å². The van der Waals surface area contributed by atoms with Gasteiger partial charge in [-0.3, -0.25) is 4.79 Å². The van der Waals surface area contributed by atoms with Crippen molar-refractivity contribution in [3.05, 3.63) is 18.0 Å². The van der Waals surface area contributed by atoms with Gasteiger partial charge in [0.15, 0.2) is 0 Å². The van der Waals surface area contributed by atoms with Crippen molar-refractivity contribution in [3.63, 3.8) is 0 Å². The largest absolute Gasteiger partial charge is 0.397 e. The molecule has 0 aliphatic carbocycles. The number of rotatable bonds is 6. The number of aromatic amines is 1. The molecular weight excluding hydrogens is 234 g/mol. The summed E-state index contributed by atoms with van der Waals surface area (Å²) in [4.78, 5) is 14.7. The fourth-order valence-electron chi connectivity index (χ4n) is 1.74. The van der Waals surface area contributed by atoms with Crippen molar-refractivity contribution in [1.29, 1.82) is 0 Å². The molecule has 1 aromatic heterocycles. The van der Waals surface area contributed by atoms with E-state index in [1.807, 2.05) is 11.8 Å². The first-order valence-corrected chi connectivity index (χ1v) is 7.06. The third-order valence-corrected chi connectivity index (χ3v) is 4.83. The summed E-state index contributed by atoms with van der Waals surface area (Å²) in [5.74, 6) is -0.0953. The summed E-state index contributed by atoms with van der Waals surface area (Å²) >= 11 is 1.81. The molecule has 0 aliphatic heterocycles. The molecule has 96 valence electrons. The van der Waals surface area contributed by atoms with Crippen molar-refractivity contribution >= 4 is 23.4 Å². The molecular formula is C12H21N3OS. The first-order chi connectivity index (χ1) is 8.06. The van der Waals surface area contributed by atoms with Crippen molar-refractivity contribution in [2.45, 2.75) is 31.4 Å². The molecule has 0 spiro atoms. The second-order valence-corrected chi connectivity index (χ2v) is 5.40. The lowest BCUT2D eigenvalue weighted by Crippen LogP contribution is -2.39. The molecule has 0 saturated carbocycles. The maximum absolute atomic E-state index is 11.8. The molecule has 0 unspecified atom stereocenters. The Morgan fingerprint density at radius 2 is 2.18 bits per heavy atom. The summed E-state index contributed by atoms with van der Waals surface area (Å²) in [5.41, 5.74) is 6.66. The molecule has 0 fully saturated rings. The first kappa shape index (κ1) is 14.0. The SMILES string of the molecule is CCC(CC)(CNC(=O)c1cc(N)c[nH]1)SC. The van der Waals surface area contributed by atoms with E-state index < -0.39 is 0 Å². The Balaban J connectivity index is 2.58. The lowest BCUT2D eigenvalue weighted by atomic mass is 10.0. The lowest BCUT2D eigenvalue weighted by Gasteiger charge is -2.29. The number of carbonyl (C=O) groups is 1. The molecule has 1 rings (SSSR count). The van der Waals surface area contributed by atoms with Gasteiger partial charge in [-0.25, -0.2) is 0 Å². The fraction of sp³-hybridized carbons (Fsp3) is 0.583. The number of nitrogens with two attached hydrogens (primary N) is 1. The number of nitrogen functional groups attached to an aromatic ring is 1. The van der Waals surface area contributed by atoms with Crippen LogP contribution in [0.4, 0.5) is 5.69 Å². The molecule has 0 aromatic carbocycles. The van der Waals surface area contributed by atoms with E-state index in [0.29, 0.717) is 17.9 Å². The number of amides is 1. The number of thioether (sulfide) groups is 1. The first-order valence-electron chi connectivity index (χ1n) is 5.84.